The van der Waals surface area contributed by atoms with E-state index in [0.717, 1.165) is 11.4 Å². The number of benzene rings is 11. The van der Waals surface area contributed by atoms with Crippen LogP contribution in [-0.4, -0.2) is 0 Å². The maximum absolute atomic E-state index is 3.92. The summed E-state index contributed by atoms with van der Waals surface area (Å²) in [5.74, 6) is 0. The summed E-state index contributed by atoms with van der Waals surface area (Å²) in [7, 11) is 0. The maximum atomic E-state index is 3.92. The van der Waals surface area contributed by atoms with Crippen LogP contribution in [0.15, 0.2) is 261 Å². The third kappa shape index (κ3) is 6.40. The molecule has 3 nitrogen and oxygen atoms in total. The van der Waals surface area contributed by atoms with Gasteiger partial charge in [0.05, 0.1) is 22.8 Å². The van der Waals surface area contributed by atoms with Crippen molar-refractivity contribution in [3.8, 4) is 33.4 Å². The molecule has 1 aliphatic carbocycles. The Morgan fingerprint density at radius 3 is 1.51 bits per heavy atom. The minimum atomic E-state index is -0.608. The minimum absolute atomic E-state index is 0.00682. The zero-order chi connectivity index (χ0) is 46.2. The van der Waals surface area contributed by atoms with E-state index in [0.29, 0.717) is 0 Å². The van der Waals surface area contributed by atoms with Crippen molar-refractivity contribution in [3.63, 3.8) is 0 Å². The van der Waals surface area contributed by atoms with Crippen molar-refractivity contribution in [2.45, 2.75) is 17.6 Å². The smallest absolute Gasteiger partial charge is 0.104 e. The van der Waals surface area contributed by atoms with Crippen LogP contribution in [0.1, 0.15) is 51.2 Å². The van der Waals surface area contributed by atoms with Crippen LogP contribution in [-0.2, 0) is 5.41 Å². The van der Waals surface area contributed by atoms with Crippen molar-refractivity contribution in [1.29, 1.82) is 0 Å². The quantitative estimate of drug-likeness (QED) is 0.174. The van der Waals surface area contributed by atoms with Gasteiger partial charge in [0, 0.05) is 11.4 Å². The molecule has 0 radical (unpaired) electrons. The molecule has 0 aromatic heterocycles. The number of nitrogens with zero attached hydrogens (tertiary/aromatic N) is 1. The zero-order valence-corrected chi connectivity index (χ0v) is 38.4. The zero-order valence-electron chi connectivity index (χ0n) is 38.4. The van der Waals surface area contributed by atoms with Crippen LogP contribution < -0.4 is 15.5 Å². The highest BCUT2D eigenvalue weighted by molar-refractivity contribution is 6.03. The van der Waals surface area contributed by atoms with Gasteiger partial charge in [0.25, 0.3) is 0 Å². The first kappa shape index (κ1) is 40.3. The molecule has 11 aromatic carbocycles. The van der Waals surface area contributed by atoms with Gasteiger partial charge < -0.3 is 10.2 Å². The van der Waals surface area contributed by atoms with Gasteiger partial charge in [0.2, 0.25) is 0 Å². The molecular formula is C67H47N3. The lowest BCUT2D eigenvalue weighted by atomic mass is 9.63. The van der Waals surface area contributed by atoms with Gasteiger partial charge in [0.1, 0.15) is 6.17 Å². The fourth-order valence-electron chi connectivity index (χ4n) is 11.8. The monoisotopic (exact) mass is 893 g/mol. The summed E-state index contributed by atoms with van der Waals surface area (Å²) >= 11 is 0. The molecule has 14 rings (SSSR count). The van der Waals surface area contributed by atoms with Gasteiger partial charge in [-0.05, 0) is 155 Å². The molecular weight excluding hydrogens is 847 g/mol. The fourth-order valence-corrected chi connectivity index (χ4v) is 11.8. The molecule has 2 unspecified atom stereocenters. The maximum Gasteiger partial charge on any atom is 0.104 e. The van der Waals surface area contributed by atoms with E-state index in [2.05, 4.69) is 276 Å². The van der Waals surface area contributed by atoms with Crippen LogP contribution >= 0.6 is 0 Å². The Hall–Kier alpha value is -8.76. The van der Waals surface area contributed by atoms with Crippen LogP contribution in [0.3, 0.4) is 0 Å². The second kappa shape index (κ2) is 16.2. The Morgan fingerprint density at radius 2 is 0.843 bits per heavy atom. The van der Waals surface area contributed by atoms with E-state index in [1.54, 1.807) is 0 Å². The number of para-hydroxylation sites is 1. The summed E-state index contributed by atoms with van der Waals surface area (Å²) < 4.78 is 0. The fraction of sp³-hybridized carbons (Fsp3) is 0.0448. The number of hydrogen-bond donors (Lipinski definition) is 2. The summed E-state index contributed by atoms with van der Waals surface area (Å²) in [5.41, 5.74) is 20.2. The van der Waals surface area contributed by atoms with E-state index in [9.17, 15) is 0 Å². The Bertz CT molecular complexity index is 3770. The average Bonchev–Trinajstić information content (AvgIpc) is 3.74. The van der Waals surface area contributed by atoms with Gasteiger partial charge in [-0.3, -0.25) is 5.32 Å². The van der Waals surface area contributed by atoms with Gasteiger partial charge >= 0.3 is 0 Å². The molecule has 0 amide bonds. The molecule has 3 aliphatic rings. The van der Waals surface area contributed by atoms with Crippen molar-refractivity contribution < 1.29 is 0 Å². The lowest BCUT2D eigenvalue weighted by Crippen LogP contribution is -2.39. The van der Waals surface area contributed by atoms with Gasteiger partial charge in [-0.2, -0.15) is 0 Å². The molecule has 2 aliphatic heterocycles. The molecule has 0 saturated carbocycles. The number of fused-ring (bicyclic) bond motifs is 11. The standard InChI is InChI=1S/C67H47N3/c1-4-18-44(19-5-1)62-43-63(69-66(68-62)45-20-6-2-7-21-45)54-29-17-28-48(37-54)46-26-16-27-47(36-46)53-34-35-57-56-32-14-15-33-58(56)67(59(57)38-53)60-39-49-22-10-12-24-51(49)41-64(60)70(55-30-8-3-9-31-55)65-42-52-25-13-11-23-50(52)40-61(65)67/h1-43,63,66,68-69H. The van der Waals surface area contributed by atoms with E-state index in [1.165, 1.54) is 105 Å². The van der Waals surface area contributed by atoms with E-state index < -0.39 is 5.41 Å². The molecule has 11 aromatic rings. The number of nitrogens with one attached hydrogen (secondary N) is 2. The highest BCUT2D eigenvalue weighted by Gasteiger charge is 2.52. The van der Waals surface area contributed by atoms with E-state index in [4.69, 9.17) is 0 Å². The van der Waals surface area contributed by atoms with E-state index >= 15 is 0 Å². The van der Waals surface area contributed by atoms with E-state index in [1.807, 2.05) is 0 Å². The van der Waals surface area contributed by atoms with Gasteiger partial charge in [-0.25, -0.2) is 0 Å². The first-order valence-electron chi connectivity index (χ1n) is 24.4. The van der Waals surface area contributed by atoms with Gasteiger partial charge in [-0.1, -0.05) is 200 Å². The summed E-state index contributed by atoms with van der Waals surface area (Å²) in [6.07, 6.45) is 2.28. The second-order valence-corrected chi connectivity index (χ2v) is 18.9. The molecule has 70 heavy (non-hydrogen) atoms. The molecule has 2 atom stereocenters. The molecule has 330 valence electrons. The normalized spacial score (nSPS) is 16.2. The molecule has 0 fully saturated rings. The largest absolute Gasteiger partial charge is 0.366 e. The van der Waals surface area contributed by atoms with Crippen molar-refractivity contribution in [2.24, 2.45) is 0 Å². The average molecular weight is 894 g/mol. The lowest BCUT2D eigenvalue weighted by Gasteiger charge is -2.45. The SMILES string of the molecule is C1=C(c2ccccc2)NC(c2ccccc2)NC1c1cccc(-c2cccc(-c3ccc4c(c3)C3(c5ccccc5-4)c4cc5ccccc5cc4N(c4ccccc4)c4cc5ccccc5cc43)c2)c1. The van der Waals surface area contributed by atoms with Crippen LogP contribution in [0.5, 0.6) is 0 Å². The molecule has 3 heteroatoms. The number of rotatable bonds is 6. The summed E-state index contributed by atoms with van der Waals surface area (Å²) in [6, 6.07) is 94.3. The molecule has 2 heterocycles. The van der Waals surface area contributed by atoms with Crippen LogP contribution in [0.4, 0.5) is 17.1 Å². The third-order valence-corrected chi connectivity index (χ3v) is 15.0. The summed E-state index contributed by atoms with van der Waals surface area (Å²) in [4.78, 5) is 2.51. The van der Waals surface area contributed by atoms with Gasteiger partial charge in [-0.15, -0.1) is 0 Å². The Kier molecular flexibility index (Phi) is 9.33. The van der Waals surface area contributed by atoms with E-state index in [-0.39, 0.29) is 12.2 Å². The highest BCUT2D eigenvalue weighted by Crippen LogP contribution is 2.64. The minimum Gasteiger partial charge on any atom is -0.366 e. The number of anilines is 3. The van der Waals surface area contributed by atoms with Crippen LogP contribution in [0.25, 0.3) is 60.6 Å². The molecule has 1 spiro atoms. The Morgan fingerprint density at radius 1 is 0.343 bits per heavy atom. The first-order valence-corrected chi connectivity index (χ1v) is 24.4. The third-order valence-electron chi connectivity index (χ3n) is 15.0. The first-order chi connectivity index (χ1) is 34.7. The Balaban J connectivity index is 0.933. The second-order valence-electron chi connectivity index (χ2n) is 18.9. The van der Waals surface area contributed by atoms with Crippen molar-refractivity contribution >= 4 is 44.3 Å². The molecule has 0 saturated heterocycles. The molecule has 2 N–H and O–H groups in total. The predicted octanol–water partition coefficient (Wildman–Crippen LogP) is 16.4. The highest BCUT2D eigenvalue weighted by atomic mass is 15.2. The lowest BCUT2D eigenvalue weighted by molar-refractivity contribution is 0.443. The molecule has 0 bridgehead atoms. The van der Waals surface area contributed by atoms with Crippen LogP contribution in [0.2, 0.25) is 0 Å². The van der Waals surface area contributed by atoms with Gasteiger partial charge in [0.15, 0.2) is 0 Å². The number of hydrogen-bond acceptors (Lipinski definition) is 3. The topological polar surface area (TPSA) is 27.3 Å². The van der Waals surface area contributed by atoms with Crippen LogP contribution in [0, 0.1) is 0 Å². The summed E-state index contributed by atoms with van der Waals surface area (Å²) in [5, 5.41) is 12.6. The van der Waals surface area contributed by atoms with Crippen molar-refractivity contribution in [3.05, 3.63) is 300 Å². The van der Waals surface area contributed by atoms with Crippen molar-refractivity contribution in [1.82, 2.24) is 10.6 Å². The summed E-state index contributed by atoms with van der Waals surface area (Å²) in [6.45, 7) is 0. The van der Waals surface area contributed by atoms with Crippen molar-refractivity contribution in [2.75, 3.05) is 4.90 Å². The Labute approximate surface area is 408 Å². The predicted molar refractivity (Wildman–Crippen MR) is 290 cm³/mol.